The Bertz CT molecular complexity index is 1010. The number of hydrogen-bond acceptors (Lipinski definition) is 7. The molecule has 0 amide bonds. The number of aliphatic hydroxyl groups excluding tert-OH is 2. The number of hydrogen-bond donors (Lipinski definition) is 4. The Morgan fingerprint density at radius 1 is 1.29 bits per heavy atom. The van der Waals surface area contributed by atoms with Gasteiger partial charge in [0, 0.05) is 6.42 Å². The number of ether oxygens (including phenoxy) is 1. The van der Waals surface area contributed by atoms with Gasteiger partial charge in [-0.3, -0.25) is 14.3 Å². The second kappa shape index (κ2) is 6.52. The molecule has 0 unspecified atom stereocenters. The highest BCUT2D eigenvalue weighted by Gasteiger charge is 2.58. The molecule has 1 aliphatic heterocycles. The van der Waals surface area contributed by atoms with E-state index in [9.17, 15) is 36.6 Å². The smallest absolute Gasteiger partial charge is 0.394 e. The van der Waals surface area contributed by atoms with Gasteiger partial charge >= 0.3 is 17.8 Å². The van der Waals surface area contributed by atoms with Crippen LogP contribution in [0, 0.1) is 0 Å². The number of alkyl halides is 5. The molecule has 0 aliphatic carbocycles. The maximum absolute atomic E-state index is 13.6. The molecule has 3 heterocycles. The lowest BCUT2D eigenvalue weighted by atomic mass is 10.2. The highest BCUT2D eigenvalue weighted by atomic mass is 19.4. The van der Waals surface area contributed by atoms with Gasteiger partial charge in [-0.2, -0.15) is 26.9 Å². The molecule has 3 atom stereocenters. The number of halogens is 5. The van der Waals surface area contributed by atoms with Crippen molar-refractivity contribution in [3.8, 4) is 0 Å². The number of aliphatic hydroxyl groups is 2. The molecule has 2 aromatic heterocycles. The number of anilines is 1. The predicted octanol–water partition coefficient (Wildman–Crippen LogP) is -0.693. The van der Waals surface area contributed by atoms with E-state index in [4.69, 9.17) is 15.6 Å². The van der Waals surface area contributed by atoms with Crippen molar-refractivity contribution in [3.63, 3.8) is 0 Å². The van der Waals surface area contributed by atoms with Gasteiger partial charge in [-0.25, -0.2) is 9.36 Å². The van der Waals surface area contributed by atoms with Crippen molar-refractivity contribution in [2.45, 2.75) is 43.5 Å². The zero-order valence-corrected chi connectivity index (χ0v) is 13.8. The van der Waals surface area contributed by atoms with Gasteiger partial charge in [0.2, 0.25) is 5.95 Å². The van der Waals surface area contributed by atoms with Gasteiger partial charge in [0.25, 0.3) is 5.56 Å². The molecule has 0 aromatic carbocycles. The SMILES string of the molecule is Nc1nc2c(c(=O)[nH]1)n(CC(F)(F)C(F)(F)F)c(=O)n2[C@@H]1O[C@H](CO)C[C@H]1O. The third kappa shape index (κ3) is 3.14. The number of aromatic amines is 1. The van der Waals surface area contributed by atoms with Crippen molar-refractivity contribution in [3.05, 3.63) is 20.8 Å². The molecule has 1 fully saturated rings. The highest BCUT2D eigenvalue weighted by molar-refractivity contribution is 5.71. The fraction of sp³-hybridized carbons (Fsp3) is 0.615. The van der Waals surface area contributed by atoms with Crippen molar-refractivity contribution in [2.75, 3.05) is 12.3 Å². The topological polar surface area (TPSA) is 148 Å². The Balaban J connectivity index is 2.25. The van der Waals surface area contributed by atoms with E-state index < -0.39 is 72.0 Å². The van der Waals surface area contributed by atoms with Crippen molar-refractivity contribution in [2.24, 2.45) is 0 Å². The minimum atomic E-state index is -5.99. The number of aromatic nitrogens is 4. The fourth-order valence-corrected chi connectivity index (χ4v) is 2.94. The minimum Gasteiger partial charge on any atom is -0.394 e. The van der Waals surface area contributed by atoms with Gasteiger partial charge in [-0.05, 0) is 0 Å². The van der Waals surface area contributed by atoms with E-state index in [1.54, 1.807) is 0 Å². The van der Waals surface area contributed by atoms with E-state index in [2.05, 4.69) is 4.98 Å². The molecule has 5 N–H and O–H groups in total. The molecular weight excluding hydrogens is 401 g/mol. The summed E-state index contributed by atoms with van der Waals surface area (Å²) in [6.45, 7) is -2.75. The molecule has 15 heteroatoms. The molecule has 0 radical (unpaired) electrons. The molecule has 0 bridgehead atoms. The number of nitrogens with zero attached hydrogens (tertiary/aromatic N) is 3. The first-order valence-corrected chi connectivity index (χ1v) is 7.77. The summed E-state index contributed by atoms with van der Waals surface area (Å²) < 4.78 is 70.5. The van der Waals surface area contributed by atoms with E-state index in [-0.39, 0.29) is 11.0 Å². The third-order valence-corrected chi connectivity index (χ3v) is 4.22. The molecule has 1 saturated heterocycles. The molecule has 2 aromatic rings. The van der Waals surface area contributed by atoms with Crippen molar-refractivity contribution < 1.29 is 36.9 Å². The van der Waals surface area contributed by atoms with Crippen LogP contribution in [0.4, 0.5) is 27.9 Å². The maximum Gasteiger partial charge on any atom is 0.455 e. The number of fused-ring (bicyclic) bond motifs is 1. The molecule has 0 saturated carbocycles. The standard InChI is InChI=1S/C13H14F5N5O5/c14-12(15,13(16,17)18)3-22-6-7(20-10(19)21-8(6)26)23(11(22)27)9-5(25)1-4(2-24)28-9/h4-5,9,24-25H,1-3H2,(H3,19,20,21,26)/t4-,5+,9+/m0/s1. The van der Waals surface area contributed by atoms with Gasteiger partial charge in [-0.15, -0.1) is 0 Å². The molecule has 156 valence electrons. The van der Waals surface area contributed by atoms with Crippen LogP contribution in [-0.4, -0.2) is 60.2 Å². The largest absolute Gasteiger partial charge is 0.455 e. The van der Waals surface area contributed by atoms with Crippen molar-refractivity contribution in [1.29, 1.82) is 0 Å². The van der Waals surface area contributed by atoms with E-state index in [1.807, 2.05) is 4.98 Å². The molecule has 3 rings (SSSR count). The van der Waals surface area contributed by atoms with Crippen LogP contribution >= 0.6 is 0 Å². The van der Waals surface area contributed by atoms with E-state index >= 15 is 0 Å². The van der Waals surface area contributed by atoms with Crippen LogP contribution in [0.5, 0.6) is 0 Å². The lowest BCUT2D eigenvalue weighted by molar-refractivity contribution is -0.286. The first kappa shape index (κ1) is 20.2. The van der Waals surface area contributed by atoms with Gasteiger partial charge in [0.1, 0.15) is 12.6 Å². The summed E-state index contributed by atoms with van der Waals surface area (Å²) in [5, 5.41) is 19.2. The Kier molecular flexibility index (Phi) is 4.71. The first-order chi connectivity index (χ1) is 12.9. The molecule has 10 nitrogen and oxygen atoms in total. The highest BCUT2D eigenvalue weighted by Crippen LogP contribution is 2.37. The average Bonchev–Trinajstić information content (AvgIpc) is 3.04. The zero-order valence-electron chi connectivity index (χ0n) is 13.8. The lowest BCUT2D eigenvalue weighted by Gasteiger charge is -2.19. The van der Waals surface area contributed by atoms with Gasteiger partial charge in [0.15, 0.2) is 17.4 Å². The second-order valence-electron chi connectivity index (χ2n) is 6.20. The minimum absolute atomic E-state index is 0.101. The predicted molar refractivity (Wildman–Crippen MR) is 81.6 cm³/mol. The Morgan fingerprint density at radius 2 is 1.93 bits per heavy atom. The zero-order chi connectivity index (χ0) is 21.0. The van der Waals surface area contributed by atoms with Crippen LogP contribution in [0.1, 0.15) is 12.6 Å². The quantitative estimate of drug-likeness (QED) is 0.483. The average molecular weight is 415 g/mol. The monoisotopic (exact) mass is 415 g/mol. The summed E-state index contributed by atoms with van der Waals surface area (Å²) >= 11 is 0. The number of nitrogens with one attached hydrogen (secondary N) is 1. The maximum atomic E-state index is 13.6. The number of nitrogens with two attached hydrogens (primary N) is 1. The Hall–Kier alpha value is -2.52. The van der Waals surface area contributed by atoms with E-state index in [0.717, 1.165) is 0 Å². The fourth-order valence-electron chi connectivity index (χ4n) is 2.94. The van der Waals surface area contributed by atoms with Crippen molar-refractivity contribution in [1.82, 2.24) is 19.1 Å². The molecular formula is C13H14F5N5O5. The Labute approximate surface area is 151 Å². The van der Waals surface area contributed by atoms with Gasteiger partial charge in [0.05, 0.1) is 12.7 Å². The number of H-pyrrole nitrogens is 1. The summed E-state index contributed by atoms with van der Waals surface area (Å²) in [6, 6.07) is 0. The molecule has 0 spiro atoms. The van der Waals surface area contributed by atoms with Crippen LogP contribution in [-0.2, 0) is 11.3 Å². The lowest BCUT2D eigenvalue weighted by Crippen LogP contribution is -2.43. The van der Waals surface area contributed by atoms with Gasteiger partial charge < -0.3 is 20.7 Å². The van der Waals surface area contributed by atoms with Crippen LogP contribution in [0.25, 0.3) is 11.2 Å². The number of nitrogen functional groups attached to an aromatic ring is 1. The van der Waals surface area contributed by atoms with Gasteiger partial charge in [-0.1, -0.05) is 0 Å². The van der Waals surface area contributed by atoms with Crippen LogP contribution in [0.3, 0.4) is 0 Å². The summed E-state index contributed by atoms with van der Waals surface area (Å²) in [6.07, 6.45) is -10.1. The van der Waals surface area contributed by atoms with Crippen LogP contribution < -0.4 is 17.0 Å². The third-order valence-electron chi connectivity index (χ3n) is 4.22. The van der Waals surface area contributed by atoms with E-state index in [1.165, 1.54) is 0 Å². The molecule has 28 heavy (non-hydrogen) atoms. The first-order valence-electron chi connectivity index (χ1n) is 7.77. The molecule has 1 aliphatic rings. The number of imidazole rings is 1. The van der Waals surface area contributed by atoms with Crippen LogP contribution in [0.2, 0.25) is 0 Å². The van der Waals surface area contributed by atoms with Crippen LogP contribution in [0.15, 0.2) is 9.59 Å². The summed E-state index contributed by atoms with van der Waals surface area (Å²) in [5.41, 5.74) is 1.10. The summed E-state index contributed by atoms with van der Waals surface area (Å²) in [4.78, 5) is 30.3. The summed E-state index contributed by atoms with van der Waals surface area (Å²) in [7, 11) is 0. The normalized spacial score (nSPS) is 23.6. The Morgan fingerprint density at radius 3 is 2.46 bits per heavy atom. The summed E-state index contributed by atoms with van der Waals surface area (Å²) in [5.74, 6) is -5.89. The second-order valence-corrected chi connectivity index (χ2v) is 6.20. The van der Waals surface area contributed by atoms with Crippen molar-refractivity contribution >= 4 is 17.1 Å². The van der Waals surface area contributed by atoms with E-state index in [0.29, 0.717) is 4.57 Å². The number of rotatable bonds is 4.